The molecule has 0 fully saturated rings. The maximum atomic E-state index is 13.0. The van der Waals surface area contributed by atoms with Gasteiger partial charge in [-0.3, -0.25) is 4.79 Å². The number of carboxylic acids is 1. The van der Waals surface area contributed by atoms with Crippen LogP contribution < -0.4 is 0 Å². The Labute approximate surface area is 109 Å². The summed E-state index contributed by atoms with van der Waals surface area (Å²) in [5.41, 5.74) is 0. The summed E-state index contributed by atoms with van der Waals surface area (Å²) in [7, 11) is -4.10. The first-order valence-corrected chi connectivity index (χ1v) is 6.89. The summed E-state index contributed by atoms with van der Waals surface area (Å²) >= 11 is 0. The topological polar surface area (TPSA) is 74.7 Å². The van der Waals surface area contributed by atoms with Crippen molar-refractivity contribution >= 4 is 16.0 Å². The number of benzene rings is 1. The third-order valence-electron chi connectivity index (χ3n) is 2.40. The van der Waals surface area contributed by atoms with Gasteiger partial charge in [0.15, 0.2) is 0 Å². The van der Waals surface area contributed by atoms with Gasteiger partial charge in [0.2, 0.25) is 10.0 Å². The lowest BCUT2D eigenvalue weighted by atomic mass is 10.3. The minimum atomic E-state index is -4.10. The molecule has 0 aliphatic carbocycles. The lowest BCUT2D eigenvalue weighted by Gasteiger charge is -2.19. The van der Waals surface area contributed by atoms with E-state index in [-0.39, 0.29) is 19.5 Å². The normalized spacial score (nSPS) is 11.8. The number of sulfonamides is 1. The Kier molecular flexibility index (Phi) is 4.96. The van der Waals surface area contributed by atoms with Crippen LogP contribution in [0, 0.1) is 11.6 Å². The van der Waals surface area contributed by atoms with Crippen LogP contribution in [0.25, 0.3) is 0 Å². The van der Waals surface area contributed by atoms with Crippen molar-refractivity contribution in [2.45, 2.75) is 18.2 Å². The number of hydrogen-bond acceptors (Lipinski definition) is 3. The standard InChI is InChI=1S/C11H13F2NO4S/c1-2-14(4-3-11(15)16)19(17,18)10-6-8(12)5-9(13)7-10/h5-7H,2-4H2,1H3,(H,15,16). The fourth-order valence-electron chi connectivity index (χ4n) is 1.50. The second-order valence-electron chi connectivity index (χ2n) is 3.75. The molecule has 1 aromatic carbocycles. The highest BCUT2D eigenvalue weighted by molar-refractivity contribution is 7.89. The Morgan fingerprint density at radius 2 is 1.79 bits per heavy atom. The molecule has 0 aliphatic heterocycles. The van der Waals surface area contributed by atoms with Gasteiger partial charge < -0.3 is 5.11 Å². The molecule has 0 saturated carbocycles. The van der Waals surface area contributed by atoms with E-state index in [0.717, 1.165) is 4.31 Å². The Hall–Kier alpha value is -1.54. The summed E-state index contributed by atoms with van der Waals surface area (Å²) in [6.07, 6.45) is -0.384. The van der Waals surface area contributed by atoms with Crippen LogP contribution in [0.4, 0.5) is 8.78 Å². The number of carboxylic acid groups (broad SMARTS) is 1. The van der Waals surface area contributed by atoms with Crippen LogP contribution >= 0.6 is 0 Å². The summed E-state index contributed by atoms with van der Waals surface area (Å²) in [5, 5.41) is 8.54. The van der Waals surface area contributed by atoms with Crippen molar-refractivity contribution < 1.29 is 27.1 Å². The minimum Gasteiger partial charge on any atom is -0.481 e. The van der Waals surface area contributed by atoms with Crippen LogP contribution in [-0.2, 0) is 14.8 Å². The number of hydrogen-bond donors (Lipinski definition) is 1. The van der Waals surface area contributed by atoms with E-state index in [1.807, 2.05) is 0 Å². The second kappa shape index (κ2) is 6.07. The maximum Gasteiger partial charge on any atom is 0.304 e. The fraction of sp³-hybridized carbons (Fsp3) is 0.364. The van der Waals surface area contributed by atoms with Gasteiger partial charge in [-0.2, -0.15) is 4.31 Å². The lowest BCUT2D eigenvalue weighted by molar-refractivity contribution is -0.137. The van der Waals surface area contributed by atoms with Crippen molar-refractivity contribution in [1.29, 1.82) is 0 Å². The molecule has 0 saturated heterocycles. The third-order valence-corrected chi connectivity index (χ3v) is 4.35. The van der Waals surface area contributed by atoms with Crippen LogP contribution in [-0.4, -0.2) is 36.9 Å². The molecule has 0 bridgehead atoms. The molecule has 5 nitrogen and oxygen atoms in total. The Balaban J connectivity index is 3.09. The molecular weight excluding hydrogens is 280 g/mol. The number of rotatable bonds is 6. The van der Waals surface area contributed by atoms with E-state index in [0.29, 0.717) is 18.2 Å². The zero-order valence-electron chi connectivity index (χ0n) is 10.1. The molecule has 0 spiro atoms. The molecule has 0 unspecified atom stereocenters. The summed E-state index contributed by atoms with van der Waals surface area (Å²) in [4.78, 5) is 9.92. The first-order valence-electron chi connectivity index (χ1n) is 5.45. The van der Waals surface area contributed by atoms with Gasteiger partial charge in [-0.25, -0.2) is 17.2 Å². The summed E-state index contributed by atoms with van der Waals surface area (Å²) in [6.45, 7) is 1.26. The minimum absolute atomic E-state index is 0.00768. The number of nitrogens with zero attached hydrogens (tertiary/aromatic N) is 1. The van der Waals surface area contributed by atoms with Gasteiger partial charge in [0.05, 0.1) is 11.3 Å². The first kappa shape index (κ1) is 15.5. The van der Waals surface area contributed by atoms with E-state index in [1.165, 1.54) is 6.92 Å². The third kappa shape index (κ3) is 3.97. The van der Waals surface area contributed by atoms with E-state index >= 15 is 0 Å². The molecule has 106 valence electrons. The average molecular weight is 293 g/mol. The van der Waals surface area contributed by atoms with E-state index in [4.69, 9.17) is 5.11 Å². The zero-order chi connectivity index (χ0) is 14.6. The fourth-order valence-corrected chi connectivity index (χ4v) is 2.99. The molecule has 0 radical (unpaired) electrons. The summed E-state index contributed by atoms with van der Waals surface area (Å²) < 4.78 is 51.1. The van der Waals surface area contributed by atoms with Crippen molar-refractivity contribution in [2.75, 3.05) is 13.1 Å². The molecule has 0 aliphatic rings. The van der Waals surface area contributed by atoms with Crippen LogP contribution in [0.2, 0.25) is 0 Å². The monoisotopic (exact) mass is 293 g/mol. The number of aliphatic carboxylic acids is 1. The van der Waals surface area contributed by atoms with Crippen LogP contribution in [0.3, 0.4) is 0 Å². The molecule has 0 aromatic heterocycles. The molecule has 0 amide bonds. The largest absolute Gasteiger partial charge is 0.481 e. The van der Waals surface area contributed by atoms with Gasteiger partial charge in [0.25, 0.3) is 0 Å². The maximum absolute atomic E-state index is 13.0. The van der Waals surface area contributed by atoms with Crippen LogP contribution in [0.15, 0.2) is 23.1 Å². The molecular formula is C11H13F2NO4S. The SMILES string of the molecule is CCN(CCC(=O)O)S(=O)(=O)c1cc(F)cc(F)c1. The van der Waals surface area contributed by atoms with Gasteiger partial charge in [-0.1, -0.05) is 6.92 Å². The highest BCUT2D eigenvalue weighted by atomic mass is 32.2. The number of halogens is 2. The predicted molar refractivity (Wildman–Crippen MR) is 63.0 cm³/mol. The van der Waals surface area contributed by atoms with Crippen LogP contribution in [0.1, 0.15) is 13.3 Å². The van der Waals surface area contributed by atoms with Crippen molar-refractivity contribution in [3.8, 4) is 0 Å². The van der Waals surface area contributed by atoms with E-state index in [1.54, 1.807) is 0 Å². The van der Waals surface area contributed by atoms with E-state index < -0.39 is 32.5 Å². The van der Waals surface area contributed by atoms with Crippen molar-refractivity contribution in [3.05, 3.63) is 29.8 Å². The van der Waals surface area contributed by atoms with E-state index in [2.05, 4.69) is 0 Å². The molecule has 1 N–H and O–H groups in total. The van der Waals surface area contributed by atoms with Gasteiger partial charge in [-0.05, 0) is 12.1 Å². The van der Waals surface area contributed by atoms with Crippen molar-refractivity contribution in [3.63, 3.8) is 0 Å². The number of carbonyl (C=O) groups is 1. The molecule has 1 aromatic rings. The predicted octanol–water partition coefficient (Wildman–Crippen LogP) is 1.45. The Morgan fingerprint density at radius 1 is 1.26 bits per heavy atom. The molecule has 0 heterocycles. The Bertz CT molecular complexity index is 554. The summed E-state index contributed by atoms with van der Waals surface area (Å²) in [6, 6.07) is 1.95. The van der Waals surface area contributed by atoms with E-state index in [9.17, 15) is 22.0 Å². The molecule has 8 heteroatoms. The average Bonchev–Trinajstić information content (AvgIpc) is 2.27. The second-order valence-corrected chi connectivity index (χ2v) is 5.68. The quantitative estimate of drug-likeness (QED) is 0.861. The van der Waals surface area contributed by atoms with Crippen molar-refractivity contribution in [2.24, 2.45) is 0 Å². The lowest BCUT2D eigenvalue weighted by Crippen LogP contribution is -2.33. The highest BCUT2D eigenvalue weighted by Crippen LogP contribution is 2.18. The van der Waals surface area contributed by atoms with Gasteiger partial charge >= 0.3 is 5.97 Å². The van der Waals surface area contributed by atoms with Gasteiger partial charge in [0, 0.05) is 19.2 Å². The molecule has 0 atom stereocenters. The summed E-state index contributed by atoms with van der Waals surface area (Å²) in [5.74, 6) is -3.17. The van der Waals surface area contributed by atoms with Gasteiger partial charge in [0.1, 0.15) is 11.6 Å². The van der Waals surface area contributed by atoms with Crippen molar-refractivity contribution in [1.82, 2.24) is 4.31 Å². The molecule has 1 rings (SSSR count). The van der Waals surface area contributed by atoms with Crippen LogP contribution in [0.5, 0.6) is 0 Å². The highest BCUT2D eigenvalue weighted by Gasteiger charge is 2.24. The first-order chi connectivity index (χ1) is 8.77. The smallest absolute Gasteiger partial charge is 0.304 e. The van der Waals surface area contributed by atoms with Gasteiger partial charge in [-0.15, -0.1) is 0 Å². The molecule has 19 heavy (non-hydrogen) atoms. The Morgan fingerprint density at radius 3 is 2.21 bits per heavy atom. The zero-order valence-corrected chi connectivity index (χ0v) is 11.0.